The first kappa shape index (κ1) is 24.5. The topological polar surface area (TPSA) is 40.5 Å². The zero-order valence-corrected chi connectivity index (χ0v) is 22.0. The van der Waals surface area contributed by atoms with Crippen LogP contribution in [0.3, 0.4) is 0 Å². The number of rotatable bonds is 4. The Hall–Kier alpha value is -0.600. The second-order valence-electron chi connectivity index (χ2n) is 13.8. The highest BCUT2D eigenvalue weighted by molar-refractivity contribution is 5.22. The van der Waals surface area contributed by atoms with Gasteiger partial charge < -0.3 is 10.2 Å². The van der Waals surface area contributed by atoms with Gasteiger partial charge in [0.1, 0.15) is 0 Å². The summed E-state index contributed by atoms with van der Waals surface area (Å²) in [5.74, 6) is 1.90. The zero-order chi connectivity index (χ0) is 23.7. The van der Waals surface area contributed by atoms with Crippen molar-refractivity contribution in [1.29, 1.82) is 0 Å². The van der Waals surface area contributed by atoms with E-state index in [2.05, 4.69) is 61.1 Å². The molecular formula is C30H50O2. The quantitative estimate of drug-likeness (QED) is 0.448. The smallest absolute Gasteiger partial charge is 0.0594 e. The highest BCUT2D eigenvalue weighted by Crippen LogP contribution is 2.75. The van der Waals surface area contributed by atoms with Crippen LogP contribution < -0.4 is 0 Å². The molecule has 2 N–H and O–H groups in total. The summed E-state index contributed by atoms with van der Waals surface area (Å²) in [7, 11) is 0. The van der Waals surface area contributed by atoms with Gasteiger partial charge in [0.25, 0.3) is 0 Å². The first-order valence-electron chi connectivity index (χ1n) is 13.5. The van der Waals surface area contributed by atoms with Gasteiger partial charge in [0.15, 0.2) is 0 Å². The summed E-state index contributed by atoms with van der Waals surface area (Å²) < 4.78 is 0. The molecule has 0 heterocycles. The Morgan fingerprint density at radius 3 is 2.22 bits per heavy atom. The number of aliphatic hydroxyl groups excluding tert-OH is 2. The number of allylic oxidation sites excluding steroid dienone is 3. The van der Waals surface area contributed by atoms with Gasteiger partial charge in [-0.05, 0) is 117 Å². The third kappa shape index (κ3) is 3.33. The van der Waals surface area contributed by atoms with Gasteiger partial charge in [0.2, 0.25) is 0 Å². The molecule has 0 aromatic carbocycles. The molecule has 0 amide bonds. The molecular weight excluding hydrogens is 392 g/mol. The van der Waals surface area contributed by atoms with Gasteiger partial charge in [-0.3, -0.25) is 0 Å². The average Bonchev–Trinajstić information content (AvgIpc) is 3.07. The molecule has 4 saturated carbocycles. The summed E-state index contributed by atoms with van der Waals surface area (Å²) in [6.07, 6.45) is 11.9. The van der Waals surface area contributed by atoms with Gasteiger partial charge in [0, 0.05) is 0 Å². The lowest BCUT2D eigenvalue weighted by molar-refractivity contribution is -0.240. The van der Waals surface area contributed by atoms with Crippen LogP contribution in [-0.2, 0) is 0 Å². The maximum absolute atomic E-state index is 11.7. The molecule has 0 radical (unpaired) electrons. The van der Waals surface area contributed by atoms with Crippen molar-refractivity contribution in [2.75, 3.05) is 0 Å². The molecule has 0 spiro atoms. The fraction of sp³-hybridized carbons (Fsp3) is 0.867. The van der Waals surface area contributed by atoms with Crippen LogP contribution in [0, 0.1) is 45.3 Å². The summed E-state index contributed by atoms with van der Waals surface area (Å²) in [4.78, 5) is 0. The fourth-order valence-electron chi connectivity index (χ4n) is 9.94. The third-order valence-electron chi connectivity index (χ3n) is 11.9. The van der Waals surface area contributed by atoms with Crippen LogP contribution in [0.1, 0.15) is 106 Å². The fourth-order valence-corrected chi connectivity index (χ4v) is 9.94. The predicted octanol–water partition coefficient (Wildman–Crippen LogP) is 7.31. The van der Waals surface area contributed by atoms with Gasteiger partial charge in [-0.15, -0.1) is 0 Å². The van der Waals surface area contributed by atoms with E-state index in [1.165, 1.54) is 36.8 Å². The Bertz CT molecular complexity index is 776. The predicted molar refractivity (Wildman–Crippen MR) is 134 cm³/mol. The van der Waals surface area contributed by atoms with Crippen molar-refractivity contribution in [3.63, 3.8) is 0 Å². The van der Waals surface area contributed by atoms with Crippen LogP contribution in [0.4, 0.5) is 0 Å². The first-order chi connectivity index (χ1) is 14.8. The Morgan fingerprint density at radius 2 is 1.56 bits per heavy atom. The van der Waals surface area contributed by atoms with Crippen molar-refractivity contribution in [3.05, 3.63) is 23.8 Å². The molecule has 0 aromatic heterocycles. The van der Waals surface area contributed by atoms with Crippen LogP contribution in [0.5, 0.6) is 0 Å². The van der Waals surface area contributed by atoms with Gasteiger partial charge in [-0.2, -0.15) is 0 Å². The molecule has 32 heavy (non-hydrogen) atoms. The van der Waals surface area contributed by atoms with E-state index in [4.69, 9.17) is 0 Å². The lowest BCUT2D eigenvalue weighted by atomic mass is 9.35. The molecule has 0 bridgehead atoms. The van der Waals surface area contributed by atoms with Crippen molar-refractivity contribution in [3.8, 4) is 0 Å². The maximum Gasteiger partial charge on any atom is 0.0594 e. The second kappa shape index (κ2) is 7.98. The summed E-state index contributed by atoms with van der Waals surface area (Å²) in [5.41, 5.74) is 3.37. The third-order valence-corrected chi connectivity index (χ3v) is 11.9. The van der Waals surface area contributed by atoms with Crippen molar-refractivity contribution in [1.82, 2.24) is 0 Å². The summed E-state index contributed by atoms with van der Waals surface area (Å²) in [6.45, 7) is 21.1. The molecule has 182 valence electrons. The minimum absolute atomic E-state index is 0.0333. The normalized spacial score (nSPS) is 49.5. The number of fused-ring (bicyclic) bond motifs is 5. The van der Waals surface area contributed by atoms with Crippen LogP contribution in [-0.4, -0.2) is 22.4 Å². The van der Waals surface area contributed by atoms with E-state index in [0.717, 1.165) is 32.1 Å². The van der Waals surface area contributed by atoms with Crippen molar-refractivity contribution < 1.29 is 10.2 Å². The van der Waals surface area contributed by atoms with E-state index < -0.39 is 0 Å². The summed E-state index contributed by atoms with van der Waals surface area (Å²) >= 11 is 0. The molecule has 9 atom stereocenters. The van der Waals surface area contributed by atoms with Crippen LogP contribution >= 0.6 is 0 Å². The van der Waals surface area contributed by atoms with Crippen molar-refractivity contribution in [2.24, 2.45) is 45.3 Å². The Kier molecular flexibility index (Phi) is 6.11. The maximum atomic E-state index is 11.7. The van der Waals surface area contributed by atoms with Gasteiger partial charge in [-0.25, -0.2) is 0 Å². The van der Waals surface area contributed by atoms with Gasteiger partial charge in [0.05, 0.1) is 12.2 Å². The molecule has 4 aliphatic rings. The highest BCUT2D eigenvalue weighted by Gasteiger charge is 2.70. The van der Waals surface area contributed by atoms with E-state index >= 15 is 0 Å². The zero-order valence-electron chi connectivity index (χ0n) is 22.0. The Labute approximate surface area is 198 Å². The van der Waals surface area contributed by atoms with Crippen LogP contribution in [0.2, 0.25) is 0 Å². The first-order valence-corrected chi connectivity index (χ1v) is 13.5. The van der Waals surface area contributed by atoms with E-state index in [-0.39, 0.29) is 33.9 Å². The molecule has 0 aromatic rings. The number of hydrogen-bond donors (Lipinski definition) is 2. The second-order valence-corrected chi connectivity index (χ2v) is 13.8. The van der Waals surface area contributed by atoms with E-state index in [1.54, 1.807) is 0 Å². The summed E-state index contributed by atoms with van der Waals surface area (Å²) in [5, 5.41) is 22.6. The van der Waals surface area contributed by atoms with Gasteiger partial charge >= 0.3 is 0 Å². The number of aliphatic hydroxyl groups is 2. The minimum Gasteiger partial charge on any atom is -0.393 e. The lowest BCUT2D eigenvalue weighted by Crippen LogP contribution is -2.66. The average molecular weight is 443 g/mol. The largest absolute Gasteiger partial charge is 0.393 e. The van der Waals surface area contributed by atoms with Crippen LogP contribution in [0.25, 0.3) is 0 Å². The Balaban J connectivity index is 1.64. The Morgan fingerprint density at radius 1 is 0.906 bits per heavy atom. The lowest BCUT2D eigenvalue weighted by Gasteiger charge is -2.70. The van der Waals surface area contributed by atoms with E-state index in [0.29, 0.717) is 23.7 Å². The molecule has 4 aliphatic carbocycles. The minimum atomic E-state index is -0.226. The summed E-state index contributed by atoms with van der Waals surface area (Å²) in [6, 6.07) is 0. The van der Waals surface area contributed by atoms with E-state index in [9.17, 15) is 10.2 Å². The monoisotopic (exact) mass is 442 g/mol. The standard InChI is InChI=1S/C30H50O2/c1-19(2)10-9-11-20(3)21-12-16-30(8)26(21)22(31)18-24-28(6)15-14-25(32)27(4,5)23(28)13-17-29(24,30)7/h10,21-26,31-32H,3,9,11-18H2,1-2,4-8H3/t21?,22-,23?,24?,25+,26?,28+,29-,30-/m1/s1. The SMILES string of the molecule is C=C(CCC=C(C)C)C1CC[C@]2(C)C1[C@H](O)CC1[C@@]3(C)CC[C@H](O)C(C)(C)C3CC[C@]12C. The van der Waals surface area contributed by atoms with Crippen LogP contribution in [0.15, 0.2) is 23.8 Å². The van der Waals surface area contributed by atoms with Crippen molar-refractivity contribution in [2.45, 2.75) is 118 Å². The molecule has 2 nitrogen and oxygen atoms in total. The molecule has 2 heteroatoms. The molecule has 4 fully saturated rings. The number of hydrogen-bond acceptors (Lipinski definition) is 2. The van der Waals surface area contributed by atoms with E-state index in [1.807, 2.05) is 0 Å². The highest BCUT2D eigenvalue weighted by atomic mass is 16.3. The van der Waals surface area contributed by atoms with Gasteiger partial charge in [-0.1, -0.05) is 58.4 Å². The molecule has 0 aliphatic heterocycles. The van der Waals surface area contributed by atoms with Crippen molar-refractivity contribution >= 4 is 0 Å². The molecule has 4 unspecified atom stereocenters. The molecule has 4 rings (SSSR count). The molecule has 0 saturated heterocycles.